The van der Waals surface area contributed by atoms with E-state index < -0.39 is 0 Å². The molecule has 0 aliphatic rings. The fourth-order valence-electron chi connectivity index (χ4n) is 2.13. The average Bonchev–Trinajstić information content (AvgIpc) is 2.91. The number of hydrogen-bond acceptors (Lipinski definition) is 3. The van der Waals surface area contributed by atoms with E-state index in [1.807, 2.05) is 13.1 Å². The third kappa shape index (κ3) is 2.77. The van der Waals surface area contributed by atoms with Crippen LogP contribution in [0.5, 0.6) is 0 Å². The van der Waals surface area contributed by atoms with E-state index in [4.69, 9.17) is 4.52 Å². The molecule has 1 unspecified atom stereocenters. The Morgan fingerprint density at radius 2 is 2.24 bits per heavy atom. The number of rotatable bonds is 5. The van der Waals surface area contributed by atoms with Gasteiger partial charge in [0.15, 0.2) is 5.76 Å². The van der Waals surface area contributed by atoms with Gasteiger partial charge in [-0.25, -0.2) is 0 Å². The molecule has 0 aromatic carbocycles. The van der Waals surface area contributed by atoms with Gasteiger partial charge in [-0.2, -0.15) is 0 Å². The molecule has 1 atom stereocenters. The van der Waals surface area contributed by atoms with Crippen LogP contribution < -0.4 is 5.32 Å². The van der Waals surface area contributed by atoms with E-state index in [-0.39, 0.29) is 0 Å². The summed E-state index contributed by atoms with van der Waals surface area (Å²) < 4.78 is 7.21. The second kappa shape index (κ2) is 5.19. The number of nitrogens with zero attached hydrogens (tertiary/aromatic N) is 2. The van der Waals surface area contributed by atoms with Crippen molar-refractivity contribution in [1.82, 2.24) is 15.0 Å². The van der Waals surface area contributed by atoms with Crippen LogP contribution in [0.15, 0.2) is 35.2 Å². The van der Waals surface area contributed by atoms with Crippen molar-refractivity contribution in [1.29, 1.82) is 0 Å². The minimum absolute atomic E-state index is 0.394. The first-order valence-electron chi connectivity index (χ1n) is 5.93. The molecule has 0 bridgehead atoms. The maximum Gasteiger partial charge on any atom is 0.156 e. The highest BCUT2D eigenvalue weighted by molar-refractivity contribution is 5.16. The van der Waals surface area contributed by atoms with Gasteiger partial charge in [-0.05, 0) is 24.6 Å². The lowest BCUT2D eigenvalue weighted by Gasteiger charge is -2.18. The molecular formula is C13H19N3O. The molecule has 0 amide bonds. The van der Waals surface area contributed by atoms with Gasteiger partial charge in [-0.15, -0.1) is 0 Å². The molecule has 0 aliphatic heterocycles. The number of hydrogen-bond donors (Lipinski definition) is 1. The van der Waals surface area contributed by atoms with Crippen LogP contribution in [0.1, 0.15) is 31.2 Å². The summed E-state index contributed by atoms with van der Waals surface area (Å²) in [5.74, 6) is 1.44. The molecule has 0 saturated carbocycles. The van der Waals surface area contributed by atoms with Crippen LogP contribution in [-0.2, 0) is 6.54 Å². The fourth-order valence-corrected chi connectivity index (χ4v) is 2.13. The quantitative estimate of drug-likeness (QED) is 0.862. The van der Waals surface area contributed by atoms with Crippen LogP contribution in [0, 0.1) is 5.92 Å². The number of nitrogens with one attached hydrogen (secondary N) is 1. The first-order chi connectivity index (χ1) is 8.20. The Bertz CT molecular complexity index is 445. The SMILES string of the molecule is CNC(c1ccn(Cc2ccno2)c1)C(C)C. The van der Waals surface area contributed by atoms with Gasteiger partial charge in [0.2, 0.25) is 0 Å². The Morgan fingerprint density at radius 1 is 1.41 bits per heavy atom. The molecule has 1 N–H and O–H groups in total. The molecule has 2 aromatic rings. The average molecular weight is 233 g/mol. The molecule has 17 heavy (non-hydrogen) atoms. The largest absolute Gasteiger partial charge is 0.359 e. The van der Waals surface area contributed by atoms with E-state index in [1.54, 1.807) is 6.20 Å². The Hall–Kier alpha value is -1.55. The second-order valence-electron chi connectivity index (χ2n) is 4.61. The van der Waals surface area contributed by atoms with Gasteiger partial charge >= 0.3 is 0 Å². The minimum atomic E-state index is 0.394. The molecule has 2 aromatic heterocycles. The lowest BCUT2D eigenvalue weighted by molar-refractivity contribution is 0.376. The molecule has 4 nitrogen and oxygen atoms in total. The molecule has 0 fully saturated rings. The molecule has 4 heteroatoms. The topological polar surface area (TPSA) is 43.0 Å². The summed E-state index contributed by atoms with van der Waals surface area (Å²) in [4.78, 5) is 0. The van der Waals surface area contributed by atoms with Crippen molar-refractivity contribution in [3.63, 3.8) is 0 Å². The maximum atomic E-state index is 5.09. The zero-order chi connectivity index (χ0) is 12.3. The minimum Gasteiger partial charge on any atom is -0.359 e. The zero-order valence-corrected chi connectivity index (χ0v) is 10.6. The molecule has 0 aliphatic carbocycles. The molecule has 2 heterocycles. The second-order valence-corrected chi connectivity index (χ2v) is 4.61. The zero-order valence-electron chi connectivity index (χ0n) is 10.6. The van der Waals surface area contributed by atoms with Crippen molar-refractivity contribution >= 4 is 0 Å². The smallest absolute Gasteiger partial charge is 0.156 e. The highest BCUT2D eigenvalue weighted by atomic mass is 16.5. The van der Waals surface area contributed by atoms with E-state index in [0.717, 1.165) is 12.3 Å². The first kappa shape index (κ1) is 11.9. The monoisotopic (exact) mass is 233 g/mol. The van der Waals surface area contributed by atoms with Gasteiger partial charge in [0, 0.05) is 24.5 Å². The van der Waals surface area contributed by atoms with Crippen LogP contribution in [0.25, 0.3) is 0 Å². The summed E-state index contributed by atoms with van der Waals surface area (Å²) in [5, 5.41) is 7.04. The summed E-state index contributed by atoms with van der Waals surface area (Å²) in [7, 11) is 2.00. The van der Waals surface area contributed by atoms with Crippen molar-refractivity contribution < 1.29 is 4.52 Å². The first-order valence-corrected chi connectivity index (χ1v) is 5.93. The van der Waals surface area contributed by atoms with Gasteiger partial charge in [0.25, 0.3) is 0 Å². The van der Waals surface area contributed by atoms with Crippen molar-refractivity contribution in [2.75, 3.05) is 7.05 Å². The number of aromatic nitrogens is 2. The summed E-state index contributed by atoms with van der Waals surface area (Å²) in [6.45, 7) is 5.17. The predicted octanol–water partition coefficient (Wildman–Crippen LogP) is 2.44. The normalized spacial score (nSPS) is 13.2. The Labute approximate surface area is 102 Å². The molecule has 2 rings (SSSR count). The van der Waals surface area contributed by atoms with Crippen molar-refractivity contribution in [3.8, 4) is 0 Å². The van der Waals surface area contributed by atoms with Gasteiger partial charge in [0.05, 0.1) is 12.7 Å². The lowest BCUT2D eigenvalue weighted by atomic mass is 9.99. The Kier molecular flexibility index (Phi) is 3.64. The molecule has 0 radical (unpaired) electrons. The summed E-state index contributed by atoms with van der Waals surface area (Å²) in [6.07, 6.45) is 5.90. The van der Waals surface area contributed by atoms with E-state index in [9.17, 15) is 0 Å². The molecule has 92 valence electrons. The fraction of sp³-hybridized carbons (Fsp3) is 0.462. The van der Waals surface area contributed by atoms with Crippen LogP contribution in [0.2, 0.25) is 0 Å². The summed E-state index contributed by atoms with van der Waals surface area (Å²) >= 11 is 0. The highest BCUT2D eigenvalue weighted by Gasteiger charge is 2.14. The standard InChI is InChI=1S/C13H19N3O/c1-10(2)13(14-3)11-5-7-16(8-11)9-12-4-6-15-17-12/h4-8,10,13-14H,9H2,1-3H3. The van der Waals surface area contributed by atoms with Crippen LogP contribution >= 0.6 is 0 Å². The van der Waals surface area contributed by atoms with Gasteiger partial charge in [-0.3, -0.25) is 0 Å². The Morgan fingerprint density at radius 3 is 2.82 bits per heavy atom. The maximum absolute atomic E-state index is 5.09. The van der Waals surface area contributed by atoms with E-state index in [2.05, 4.69) is 47.3 Å². The van der Waals surface area contributed by atoms with Crippen LogP contribution in [0.4, 0.5) is 0 Å². The van der Waals surface area contributed by atoms with Crippen LogP contribution in [-0.4, -0.2) is 16.8 Å². The molecular weight excluding hydrogens is 214 g/mol. The lowest BCUT2D eigenvalue weighted by Crippen LogP contribution is -2.21. The van der Waals surface area contributed by atoms with Gasteiger partial charge < -0.3 is 14.4 Å². The van der Waals surface area contributed by atoms with E-state index in [0.29, 0.717) is 12.0 Å². The highest BCUT2D eigenvalue weighted by Crippen LogP contribution is 2.21. The van der Waals surface area contributed by atoms with Crippen molar-refractivity contribution in [2.45, 2.75) is 26.4 Å². The Balaban J connectivity index is 2.10. The summed E-state index contributed by atoms with van der Waals surface area (Å²) in [6, 6.07) is 4.43. The van der Waals surface area contributed by atoms with Crippen LogP contribution in [0.3, 0.4) is 0 Å². The van der Waals surface area contributed by atoms with Crippen molar-refractivity contribution in [2.24, 2.45) is 5.92 Å². The third-order valence-corrected chi connectivity index (χ3v) is 2.94. The molecule has 0 spiro atoms. The molecule has 0 saturated heterocycles. The predicted molar refractivity (Wildman–Crippen MR) is 66.7 cm³/mol. The third-order valence-electron chi connectivity index (χ3n) is 2.94. The van der Waals surface area contributed by atoms with Gasteiger partial charge in [0.1, 0.15) is 0 Å². The van der Waals surface area contributed by atoms with E-state index in [1.165, 1.54) is 5.56 Å². The van der Waals surface area contributed by atoms with E-state index >= 15 is 0 Å². The van der Waals surface area contributed by atoms with Crippen molar-refractivity contribution in [3.05, 3.63) is 42.0 Å². The van der Waals surface area contributed by atoms with Gasteiger partial charge in [-0.1, -0.05) is 19.0 Å². The summed E-state index contributed by atoms with van der Waals surface area (Å²) in [5.41, 5.74) is 1.31.